The molecule has 0 aromatic heterocycles. The quantitative estimate of drug-likeness (QED) is 0.148. The summed E-state index contributed by atoms with van der Waals surface area (Å²) in [7, 11) is 0. The number of hydrazine groups is 1. The van der Waals surface area contributed by atoms with E-state index >= 15 is 0 Å². The van der Waals surface area contributed by atoms with Gasteiger partial charge >= 0.3 is 0 Å². The first-order chi connectivity index (χ1) is 14.6. The number of hydrogen-bond donors (Lipinski definition) is 5. The van der Waals surface area contributed by atoms with E-state index in [4.69, 9.17) is 11.6 Å². The summed E-state index contributed by atoms with van der Waals surface area (Å²) in [5, 5.41) is 9.55. The van der Waals surface area contributed by atoms with Crippen LogP contribution in [0.4, 0.5) is 0 Å². The summed E-state index contributed by atoms with van der Waals surface area (Å²) in [6, 6.07) is 9.31. The molecule has 1 aromatic carbocycles. The van der Waals surface area contributed by atoms with Gasteiger partial charge < -0.3 is 5.73 Å². The number of nitrogens with two attached hydrogens (primary N) is 2. The molecule has 8 heteroatoms. The summed E-state index contributed by atoms with van der Waals surface area (Å²) in [4.78, 5) is 39.1. The van der Waals surface area contributed by atoms with E-state index < -0.39 is 29.1 Å². The molecule has 0 radical (unpaired) electrons. The van der Waals surface area contributed by atoms with Gasteiger partial charge in [0.2, 0.25) is 11.8 Å². The van der Waals surface area contributed by atoms with Gasteiger partial charge in [-0.3, -0.25) is 25.0 Å². The van der Waals surface area contributed by atoms with Crippen molar-refractivity contribution in [1.82, 2.24) is 10.9 Å². The topological polar surface area (TPSA) is 148 Å². The number of carbonyl (C=O) groups excluding carboxylic acids is 3. The Kier molecular flexibility index (Phi) is 10.5. The van der Waals surface area contributed by atoms with Gasteiger partial charge in [0.1, 0.15) is 0 Å². The normalized spacial score (nSPS) is 15.5. The fourth-order valence-corrected chi connectivity index (χ4v) is 4.21. The monoisotopic (exact) mass is 432 g/mol. The van der Waals surface area contributed by atoms with Gasteiger partial charge in [0.25, 0.3) is 0 Å². The van der Waals surface area contributed by atoms with E-state index in [-0.39, 0.29) is 37.0 Å². The van der Waals surface area contributed by atoms with Gasteiger partial charge in [-0.1, -0.05) is 70.2 Å². The number of Topliss-reactive ketones (excluding diaryl/α,β-unsaturated/α-hetero) is 1. The Bertz CT molecular complexity index is 764. The summed E-state index contributed by atoms with van der Waals surface area (Å²) in [5.41, 5.74) is 8.98. The number of nitrogens with one attached hydrogen (secondary N) is 2. The van der Waals surface area contributed by atoms with E-state index in [1.165, 1.54) is 0 Å². The minimum absolute atomic E-state index is 0.00875. The van der Waals surface area contributed by atoms with Crippen molar-refractivity contribution in [2.45, 2.75) is 40.5 Å². The van der Waals surface area contributed by atoms with Gasteiger partial charge in [0.05, 0.1) is 23.8 Å². The minimum atomic E-state index is -1.42. The standard InChI is InChI=1S/C23H36N4O4/c1-15(2)12-18(21(29)26-25)20(22(30)27-31)23(13-16(3)4,19(28)14-24)11-10-17-8-6-5-7-9-17/h5-11,15-16,18,20,31H,12-14,24-25H2,1-4H3,(H,26,29)(H,27,30)/b11-10+/t18-,20-,23?/m1/s1. The van der Waals surface area contributed by atoms with Gasteiger partial charge in [-0.05, 0) is 30.2 Å². The maximum absolute atomic E-state index is 13.4. The van der Waals surface area contributed by atoms with Gasteiger partial charge in [-0.2, -0.15) is 0 Å². The molecule has 0 aliphatic carbocycles. The van der Waals surface area contributed by atoms with Crippen LogP contribution >= 0.6 is 0 Å². The zero-order valence-corrected chi connectivity index (χ0v) is 18.8. The molecule has 1 unspecified atom stereocenters. The Labute approximate surface area is 184 Å². The molecule has 1 aromatic rings. The number of hydroxylamine groups is 1. The number of amides is 2. The molecule has 0 saturated carbocycles. The fraction of sp³-hybridized carbons (Fsp3) is 0.522. The molecule has 0 aliphatic heterocycles. The van der Waals surface area contributed by atoms with Crippen molar-refractivity contribution in [3.05, 3.63) is 42.0 Å². The number of benzene rings is 1. The second-order valence-corrected chi connectivity index (χ2v) is 8.71. The zero-order chi connectivity index (χ0) is 23.6. The van der Waals surface area contributed by atoms with Crippen LogP contribution < -0.4 is 22.5 Å². The average Bonchev–Trinajstić information content (AvgIpc) is 2.75. The van der Waals surface area contributed by atoms with Crippen LogP contribution in [0.5, 0.6) is 0 Å². The second-order valence-electron chi connectivity index (χ2n) is 8.71. The lowest BCUT2D eigenvalue weighted by molar-refractivity contribution is -0.150. The van der Waals surface area contributed by atoms with Crippen molar-refractivity contribution < 1.29 is 19.6 Å². The van der Waals surface area contributed by atoms with Crippen LogP contribution in [0.2, 0.25) is 0 Å². The van der Waals surface area contributed by atoms with Crippen LogP contribution in [-0.4, -0.2) is 29.3 Å². The third-order valence-electron chi connectivity index (χ3n) is 5.38. The van der Waals surface area contributed by atoms with E-state index in [1.54, 1.807) is 17.6 Å². The van der Waals surface area contributed by atoms with E-state index in [2.05, 4.69) is 5.43 Å². The van der Waals surface area contributed by atoms with Crippen LogP contribution in [-0.2, 0) is 14.4 Å². The van der Waals surface area contributed by atoms with Crippen LogP contribution in [0.15, 0.2) is 36.4 Å². The molecular formula is C23H36N4O4. The van der Waals surface area contributed by atoms with Crippen molar-refractivity contribution in [2.75, 3.05) is 6.54 Å². The first-order valence-electron chi connectivity index (χ1n) is 10.5. The Hall–Kier alpha value is -2.55. The molecule has 1 rings (SSSR count). The van der Waals surface area contributed by atoms with E-state index in [9.17, 15) is 19.6 Å². The van der Waals surface area contributed by atoms with Gasteiger partial charge in [0.15, 0.2) is 5.78 Å². The zero-order valence-electron chi connectivity index (χ0n) is 18.8. The van der Waals surface area contributed by atoms with Crippen molar-refractivity contribution >= 4 is 23.7 Å². The predicted octanol–water partition coefficient (Wildman–Crippen LogP) is 2.03. The van der Waals surface area contributed by atoms with Crippen molar-refractivity contribution in [2.24, 2.45) is 40.7 Å². The number of carbonyl (C=O) groups is 3. The Morgan fingerprint density at radius 2 is 1.68 bits per heavy atom. The van der Waals surface area contributed by atoms with Crippen LogP contribution in [0, 0.1) is 29.1 Å². The summed E-state index contributed by atoms with van der Waals surface area (Å²) in [6.07, 6.45) is 3.96. The Balaban J connectivity index is 3.80. The molecular weight excluding hydrogens is 396 g/mol. The summed E-state index contributed by atoms with van der Waals surface area (Å²) in [5.74, 6) is 1.50. The van der Waals surface area contributed by atoms with E-state index in [1.807, 2.05) is 58.0 Å². The highest BCUT2D eigenvalue weighted by Crippen LogP contribution is 2.44. The molecule has 0 saturated heterocycles. The fourth-order valence-electron chi connectivity index (χ4n) is 4.21. The number of hydrogen-bond acceptors (Lipinski definition) is 6. The third-order valence-corrected chi connectivity index (χ3v) is 5.38. The van der Waals surface area contributed by atoms with Crippen molar-refractivity contribution in [3.8, 4) is 0 Å². The third kappa shape index (κ3) is 6.99. The van der Waals surface area contributed by atoms with Gasteiger partial charge in [0, 0.05) is 0 Å². The first kappa shape index (κ1) is 26.5. The second kappa shape index (κ2) is 12.3. The molecule has 0 aliphatic rings. The highest BCUT2D eigenvalue weighted by molar-refractivity contribution is 5.97. The maximum atomic E-state index is 13.4. The Morgan fingerprint density at radius 1 is 1.06 bits per heavy atom. The molecule has 0 bridgehead atoms. The number of allylic oxidation sites excluding steroid dienone is 1. The van der Waals surface area contributed by atoms with E-state index in [0.29, 0.717) is 0 Å². The molecule has 0 spiro atoms. The summed E-state index contributed by atoms with van der Waals surface area (Å²) in [6.45, 7) is 7.32. The van der Waals surface area contributed by atoms with Crippen LogP contribution in [0.1, 0.15) is 46.1 Å². The van der Waals surface area contributed by atoms with E-state index in [0.717, 1.165) is 5.56 Å². The molecule has 3 atom stereocenters. The highest BCUT2D eigenvalue weighted by Gasteiger charge is 2.52. The predicted molar refractivity (Wildman–Crippen MR) is 120 cm³/mol. The van der Waals surface area contributed by atoms with Gasteiger partial charge in [-0.15, -0.1) is 0 Å². The average molecular weight is 433 g/mol. The molecule has 8 nitrogen and oxygen atoms in total. The molecule has 2 amide bonds. The number of rotatable bonds is 12. The first-order valence-corrected chi connectivity index (χ1v) is 10.5. The highest BCUT2D eigenvalue weighted by atomic mass is 16.5. The largest absolute Gasteiger partial charge is 0.324 e. The van der Waals surface area contributed by atoms with Crippen LogP contribution in [0.3, 0.4) is 0 Å². The van der Waals surface area contributed by atoms with Crippen LogP contribution in [0.25, 0.3) is 6.08 Å². The van der Waals surface area contributed by atoms with Gasteiger partial charge in [-0.25, -0.2) is 11.3 Å². The molecule has 0 heterocycles. The SMILES string of the molecule is CC(C)C[C@@H](C(=O)NN)[C@H](C(=O)NO)C(/C=C/c1ccccc1)(CC(C)C)C(=O)CN. The minimum Gasteiger partial charge on any atom is -0.324 e. The molecule has 31 heavy (non-hydrogen) atoms. The lowest BCUT2D eigenvalue weighted by atomic mass is 9.61. The summed E-state index contributed by atoms with van der Waals surface area (Å²) >= 11 is 0. The smallest absolute Gasteiger partial charge is 0.248 e. The lowest BCUT2D eigenvalue weighted by Crippen LogP contribution is -2.55. The summed E-state index contributed by atoms with van der Waals surface area (Å²) < 4.78 is 0. The molecule has 172 valence electrons. The maximum Gasteiger partial charge on any atom is 0.248 e. The van der Waals surface area contributed by atoms with Crippen molar-refractivity contribution in [3.63, 3.8) is 0 Å². The molecule has 7 N–H and O–H groups in total. The molecule has 0 fully saturated rings. The number of ketones is 1. The lowest BCUT2D eigenvalue weighted by Gasteiger charge is -2.41. The Morgan fingerprint density at radius 3 is 2.13 bits per heavy atom. The van der Waals surface area contributed by atoms with Crippen molar-refractivity contribution in [1.29, 1.82) is 0 Å².